The molecule has 4 aromatic rings. The molecule has 3 aromatic carbocycles. The van der Waals surface area contributed by atoms with Crippen LogP contribution in [-0.4, -0.2) is 16.8 Å². The Morgan fingerprint density at radius 3 is 2.18 bits per heavy atom. The summed E-state index contributed by atoms with van der Waals surface area (Å²) in [4.78, 5) is 30.5. The van der Waals surface area contributed by atoms with Crippen LogP contribution in [0.4, 0.5) is 11.4 Å². The summed E-state index contributed by atoms with van der Waals surface area (Å²) in [7, 11) is 0. The first kappa shape index (κ1) is 22.3. The predicted octanol–water partition coefficient (Wildman–Crippen LogP) is 6.11. The minimum atomic E-state index is -0.438. The zero-order valence-electron chi connectivity index (χ0n) is 18.1. The van der Waals surface area contributed by atoms with Crippen molar-refractivity contribution in [3.8, 4) is 0 Å². The second kappa shape index (κ2) is 10.6. The van der Waals surface area contributed by atoms with Crippen LogP contribution in [0, 0.1) is 6.92 Å². The number of nitrogens with one attached hydrogen (secondary N) is 2. The minimum Gasteiger partial charge on any atom is -0.325 e. The van der Waals surface area contributed by atoms with E-state index >= 15 is 0 Å². The number of pyridine rings is 1. The molecular weight excluding hydrogens is 430 g/mol. The van der Waals surface area contributed by atoms with E-state index in [1.165, 1.54) is 11.8 Å². The van der Waals surface area contributed by atoms with E-state index in [2.05, 4.69) is 15.6 Å². The molecule has 2 N–H and O–H groups in total. The molecule has 33 heavy (non-hydrogen) atoms. The van der Waals surface area contributed by atoms with Gasteiger partial charge < -0.3 is 10.6 Å². The molecule has 1 aromatic heterocycles. The maximum absolute atomic E-state index is 13.1. The van der Waals surface area contributed by atoms with Gasteiger partial charge in [0.15, 0.2) is 0 Å². The van der Waals surface area contributed by atoms with Crippen molar-refractivity contribution in [2.75, 3.05) is 10.6 Å². The largest absolute Gasteiger partial charge is 0.325 e. The van der Waals surface area contributed by atoms with Crippen LogP contribution in [0.15, 0.2) is 108 Å². The van der Waals surface area contributed by atoms with Crippen molar-refractivity contribution in [3.63, 3.8) is 0 Å². The number of anilines is 2. The molecule has 164 valence electrons. The molecule has 0 aliphatic carbocycles. The van der Waals surface area contributed by atoms with Gasteiger partial charge in [0, 0.05) is 34.2 Å². The summed E-state index contributed by atoms with van der Waals surface area (Å²) in [6.07, 6.45) is 3.29. The summed E-state index contributed by atoms with van der Waals surface area (Å²) >= 11 is 1.45. The van der Waals surface area contributed by atoms with Gasteiger partial charge in [-0.15, -0.1) is 11.8 Å². The van der Waals surface area contributed by atoms with Crippen LogP contribution in [0.1, 0.15) is 26.7 Å². The van der Waals surface area contributed by atoms with E-state index in [-0.39, 0.29) is 11.8 Å². The first-order chi connectivity index (χ1) is 16.1. The van der Waals surface area contributed by atoms with E-state index in [9.17, 15) is 9.59 Å². The summed E-state index contributed by atoms with van der Waals surface area (Å²) in [5.74, 6) is -0.271. The third-order valence-corrected chi connectivity index (χ3v) is 6.20. The van der Waals surface area contributed by atoms with Gasteiger partial charge in [0.25, 0.3) is 5.91 Å². The molecule has 5 nitrogen and oxygen atoms in total. The Morgan fingerprint density at radius 1 is 0.788 bits per heavy atom. The van der Waals surface area contributed by atoms with Crippen molar-refractivity contribution < 1.29 is 9.59 Å². The highest BCUT2D eigenvalue weighted by Crippen LogP contribution is 2.36. The van der Waals surface area contributed by atoms with Gasteiger partial charge in [-0.25, -0.2) is 0 Å². The van der Waals surface area contributed by atoms with Gasteiger partial charge in [-0.2, -0.15) is 0 Å². The lowest BCUT2D eigenvalue weighted by Crippen LogP contribution is -2.19. The van der Waals surface area contributed by atoms with Gasteiger partial charge in [-0.3, -0.25) is 14.6 Å². The quantitative estimate of drug-likeness (QED) is 0.331. The van der Waals surface area contributed by atoms with Crippen molar-refractivity contribution >= 4 is 35.0 Å². The maximum Gasteiger partial charge on any atom is 0.255 e. The molecule has 0 saturated carbocycles. The van der Waals surface area contributed by atoms with Crippen molar-refractivity contribution in [2.45, 2.75) is 17.1 Å². The molecule has 1 atom stereocenters. The summed E-state index contributed by atoms with van der Waals surface area (Å²) in [5.41, 5.74) is 3.96. The Balaban J connectivity index is 1.48. The molecule has 4 rings (SSSR count). The second-order valence-corrected chi connectivity index (χ2v) is 8.66. The van der Waals surface area contributed by atoms with Crippen molar-refractivity contribution in [2.24, 2.45) is 0 Å². The predicted molar refractivity (Wildman–Crippen MR) is 133 cm³/mol. The maximum atomic E-state index is 13.1. The van der Waals surface area contributed by atoms with E-state index in [4.69, 9.17) is 0 Å². The van der Waals surface area contributed by atoms with Gasteiger partial charge in [0.2, 0.25) is 5.91 Å². The highest BCUT2D eigenvalue weighted by Gasteiger charge is 2.22. The highest BCUT2D eigenvalue weighted by atomic mass is 32.2. The molecule has 0 aliphatic rings. The van der Waals surface area contributed by atoms with Gasteiger partial charge in [-0.1, -0.05) is 48.0 Å². The van der Waals surface area contributed by atoms with Crippen LogP contribution in [-0.2, 0) is 4.79 Å². The lowest BCUT2D eigenvalue weighted by molar-refractivity contribution is -0.115. The number of hydrogen-bond acceptors (Lipinski definition) is 4. The molecule has 0 bridgehead atoms. The fraction of sp³-hybridized carbons (Fsp3) is 0.0741. The van der Waals surface area contributed by atoms with Crippen LogP contribution in [0.25, 0.3) is 0 Å². The first-order valence-corrected chi connectivity index (χ1v) is 11.4. The van der Waals surface area contributed by atoms with Crippen LogP contribution in [0.3, 0.4) is 0 Å². The zero-order valence-corrected chi connectivity index (χ0v) is 18.9. The summed E-state index contributed by atoms with van der Waals surface area (Å²) in [6, 6.07) is 28.2. The molecular formula is C27H23N3O2S. The number of aryl methyl sites for hydroxylation is 1. The third-order valence-electron chi connectivity index (χ3n) is 4.93. The van der Waals surface area contributed by atoms with E-state index in [0.717, 1.165) is 16.0 Å². The molecule has 0 radical (unpaired) electrons. The Morgan fingerprint density at radius 2 is 1.48 bits per heavy atom. The molecule has 2 amide bonds. The standard InChI is InChI=1S/C27H23N3O2S/c1-19-6-5-9-21(18-19)26(31)29-22-10-12-24(13-11-22)33-25(20-7-3-2-4-8-20)27(32)30-23-14-16-28-17-15-23/h2-18,25H,1H3,(H,29,31)(H,28,30,32). The van der Waals surface area contributed by atoms with E-state index in [1.54, 1.807) is 30.6 Å². The Labute approximate surface area is 197 Å². The fourth-order valence-electron chi connectivity index (χ4n) is 3.29. The number of benzene rings is 3. The number of carbonyl (C=O) groups is 2. The van der Waals surface area contributed by atoms with Crippen molar-refractivity contribution in [1.29, 1.82) is 0 Å². The van der Waals surface area contributed by atoms with Gasteiger partial charge in [0.1, 0.15) is 5.25 Å². The molecule has 0 saturated heterocycles. The first-order valence-electron chi connectivity index (χ1n) is 10.5. The number of amides is 2. The van der Waals surface area contributed by atoms with Gasteiger partial charge >= 0.3 is 0 Å². The monoisotopic (exact) mass is 453 g/mol. The van der Waals surface area contributed by atoms with E-state index in [0.29, 0.717) is 16.9 Å². The van der Waals surface area contributed by atoms with Gasteiger partial charge in [0.05, 0.1) is 0 Å². The van der Waals surface area contributed by atoms with Crippen LogP contribution >= 0.6 is 11.8 Å². The van der Waals surface area contributed by atoms with Crippen molar-refractivity contribution in [1.82, 2.24) is 4.98 Å². The molecule has 1 unspecified atom stereocenters. The summed E-state index contributed by atoms with van der Waals surface area (Å²) in [6.45, 7) is 1.96. The molecule has 0 fully saturated rings. The smallest absolute Gasteiger partial charge is 0.255 e. The SMILES string of the molecule is Cc1cccc(C(=O)Nc2ccc(SC(C(=O)Nc3ccncc3)c3ccccc3)cc2)c1. The van der Waals surface area contributed by atoms with E-state index in [1.807, 2.05) is 79.7 Å². The normalized spacial score (nSPS) is 11.4. The number of thioether (sulfide) groups is 1. The minimum absolute atomic E-state index is 0.116. The zero-order chi connectivity index (χ0) is 23.0. The van der Waals surface area contributed by atoms with Crippen LogP contribution < -0.4 is 10.6 Å². The second-order valence-electron chi connectivity index (χ2n) is 7.48. The third kappa shape index (κ3) is 6.08. The Bertz CT molecular complexity index is 1230. The number of aromatic nitrogens is 1. The highest BCUT2D eigenvalue weighted by molar-refractivity contribution is 8.00. The summed E-state index contributed by atoms with van der Waals surface area (Å²) in [5, 5.41) is 5.45. The van der Waals surface area contributed by atoms with Crippen LogP contribution in [0.5, 0.6) is 0 Å². The average Bonchev–Trinajstić information content (AvgIpc) is 2.84. The number of nitrogens with zero attached hydrogens (tertiary/aromatic N) is 1. The van der Waals surface area contributed by atoms with Crippen LogP contribution in [0.2, 0.25) is 0 Å². The summed E-state index contributed by atoms with van der Waals surface area (Å²) < 4.78 is 0. The molecule has 1 heterocycles. The Hall–Kier alpha value is -3.90. The van der Waals surface area contributed by atoms with E-state index < -0.39 is 5.25 Å². The molecule has 0 spiro atoms. The molecule has 0 aliphatic heterocycles. The average molecular weight is 454 g/mol. The Kier molecular flexibility index (Phi) is 7.17. The topological polar surface area (TPSA) is 71.1 Å². The van der Waals surface area contributed by atoms with Crippen molar-refractivity contribution in [3.05, 3.63) is 120 Å². The van der Waals surface area contributed by atoms with Gasteiger partial charge in [-0.05, 0) is 61.0 Å². The number of carbonyl (C=O) groups excluding carboxylic acids is 2. The lowest BCUT2D eigenvalue weighted by atomic mass is 10.1. The lowest BCUT2D eigenvalue weighted by Gasteiger charge is -2.17. The molecule has 6 heteroatoms. The number of rotatable bonds is 7. The number of hydrogen-bond donors (Lipinski definition) is 2. The fourth-order valence-corrected chi connectivity index (χ4v) is 4.31.